The highest BCUT2D eigenvalue weighted by molar-refractivity contribution is 5.85. The van der Waals surface area contributed by atoms with Crippen molar-refractivity contribution < 1.29 is 4.74 Å². The molecule has 2 aromatic rings. The second kappa shape index (κ2) is 3.97. The summed E-state index contributed by atoms with van der Waals surface area (Å²) in [6.45, 7) is 0.712. The first kappa shape index (κ1) is 9.40. The van der Waals surface area contributed by atoms with Gasteiger partial charge in [-0.2, -0.15) is 0 Å². The van der Waals surface area contributed by atoms with Crippen molar-refractivity contribution in [2.45, 2.75) is 12.5 Å². The van der Waals surface area contributed by atoms with Gasteiger partial charge >= 0.3 is 0 Å². The van der Waals surface area contributed by atoms with Gasteiger partial charge in [0.2, 0.25) is 0 Å². The zero-order valence-corrected chi connectivity index (χ0v) is 8.97. The van der Waals surface area contributed by atoms with E-state index in [4.69, 9.17) is 4.74 Å². The van der Waals surface area contributed by atoms with Crippen LogP contribution in [0.3, 0.4) is 0 Å². The lowest BCUT2D eigenvalue weighted by atomic mass is 9.99. The van der Waals surface area contributed by atoms with Crippen molar-refractivity contribution in [2.75, 3.05) is 6.61 Å². The second-order valence-corrected chi connectivity index (χ2v) is 4.08. The Morgan fingerprint density at radius 1 is 1.12 bits per heavy atom. The van der Waals surface area contributed by atoms with Gasteiger partial charge < -0.3 is 4.74 Å². The molecule has 0 spiro atoms. The zero-order valence-electron chi connectivity index (χ0n) is 8.97. The fraction of sp³-hybridized carbons (Fsp3) is 0.214. The van der Waals surface area contributed by atoms with E-state index in [1.165, 1.54) is 16.3 Å². The lowest BCUT2D eigenvalue weighted by Crippen LogP contribution is -2.10. The summed E-state index contributed by atoms with van der Waals surface area (Å²) >= 11 is 0. The zero-order chi connectivity index (χ0) is 10.8. The third kappa shape index (κ3) is 1.67. The average Bonchev–Trinajstić information content (AvgIpc) is 2.82. The summed E-state index contributed by atoms with van der Waals surface area (Å²) in [4.78, 5) is 4.29. The highest BCUT2D eigenvalue weighted by Crippen LogP contribution is 2.21. The molecule has 0 saturated heterocycles. The van der Waals surface area contributed by atoms with E-state index in [1.807, 2.05) is 0 Å². The minimum Gasteiger partial charge on any atom is -0.481 e. The molecule has 1 aliphatic heterocycles. The SMILES string of the molecule is C1=NC(Cc2cccc3ccccc23)CO1. The molecule has 0 saturated carbocycles. The van der Waals surface area contributed by atoms with Gasteiger partial charge in [0.1, 0.15) is 6.61 Å². The van der Waals surface area contributed by atoms with Crippen molar-refractivity contribution in [3.63, 3.8) is 0 Å². The molecule has 2 nitrogen and oxygen atoms in total. The van der Waals surface area contributed by atoms with Gasteiger partial charge in [0, 0.05) is 0 Å². The van der Waals surface area contributed by atoms with Crippen molar-refractivity contribution >= 4 is 17.2 Å². The molecule has 3 rings (SSSR count). The Balaban J connectivity index is 1.99. The van der Waals surface area contributed by atoms with Gasteiger partial charge in [-0.15, -0.1) is 0 Å². The molecule has 0 aliphatic carbocycles. The molecule has 0 fully saturated rings. The number of benzene rings is 2. The first-order chi connectivity index (χ1) is 7.93. The molecule has 2 heteroatoms. The van der Waals surface area contributed by atoms with Crippen molar-refractivity contribution in [3.8, 4) is 0 Å². The summed E-state index contributed by atoms with van der Waals surface area (Å²) in [6.07, 6.45) is 2.52. The lowest BCUT2D eigenvalue weighted by Gasteiger charge is -2.08. The molecule has 0 radical (unpaired) electrons. The van der Waals surface area contributed by atoms with Gasteiger partial charge in [0.05, 0.1) is 6.04 Å². The number of aliphatic imine (C=N–C) groups is 1. The molecule has 1 unspecified atom stereocenters. The van der Waals surface area contributed by atoms with E-state index in [0.717, 1.165) is 6.42 Å². The van der Waals surface area contributed by atoms with Gasteiger partial charge in [-0.25, -0.2) is 0 Å². The van der Waals surface area contributed by atoms with Gasteiger partial charge in [-0.1, -0.05) is 42.5 Å². The predicted octanol–water partition coefficient (Wildman–Crippen LogP) is 2.81. The smallest absolute Gasteiger partial charge is 0.169 e. The molecule has 80 valence electrons. The summed E-state index contributed by atoms with van der Waals surface area (Å²) in [5.41, 5.74) is 1.35. The van der Waals surface area contributed by atoms with Crippen LogP contribution in [-0.2, 0) is 11.2 Å². The van der Waals surface area contributed by atoms with Crippen molar-refractivity contribution in [1.82, 2.24) is 0 Å². The number of rotatable bonds is 2. The molecule has 1 aliphatic rings. The van der Waals surface area contributed by atoms with Crippen LogP contribution in [0.1, 0.15) is 5.56 Å². The van der Waals surface area contributed by atoms with E-state index < -0.39 is 0 Å². The Kier molecular flexibility index (Phi) is 2.33. The lowest BCUT2D eigenvalue weighted by molar-refractivity contribution is 0.327. The molecule has 0 bridgehead atoms. The number of fused-ring (bicyclic) bond motifs is 1. The molecule has 1 heterocycles. The van der Waals surface area contributed by atoms with Crippen molar-refractivity contribution in [2.24, 2.45) is 4.99 Å². The molecule has 16 heavy (non-hydrogen) atoms. The van der Waals surface area contributed by atoms with E-state index >= 15 is 0 Å². The van der Waals surface area contributed by atoms with Crippen LogP contribution in [0, 0.1) is 0 Å². The Labute approximate surface area is 94.6 Å². The fourth-order valence-electron chi connectivity index (χ4n) is 2.16. The van der Waals surface area contributed by atoms with Gasteiger partial charge in [-0.05, 0) is 22.8 Å². The highest BCUT2D eigenvalue weighted by Gasteiger charge is 2.13. The Morgan fingerprint density at radius 3 is 2.88 bits per heavy atom. The van der Waals surface area contributed by atoms with Gasteiger partial charge in [-0.3, -0.25) is 4.99 Å². The van der Waals surface area contributed by atoms with E-state index in [1.54, 1.807) is 6.40 Å². The topological polar surface area (TPSA) is 21.6 Å². The minimum absolute atomic E-state index is 0.283. The summed E-state index contributed by atoms with van der Waals surface area (Å²) in [7, 11) is 0. The molecular weight excluding hydrogens is 198 g/mol. The van der Waals surface area contributed by atoms with Crippen LogP contribution in [0.15, 0.2) is 47.5 Å². The third-order valence-electron chi connectivity index (χ3n) is 2.97. The molecule has 1 atom stereocenters. The van der Waals surface area contributed by atoms with Crippen molar-refractivity contribution in [3.05, 3.63) is 48.0 Å². The van der Waals surface area contributed by atoms with Gasteiger partial charge in [0.15, 0.2) is 6.40 Å². The standard InChI is InChI=1S/C14H13NO/c1-2-7-14-11(4-1)5-3-6-12(14)8-13-9-16-10-15-13/h1-7,10,13H,8-9H2. The van der Waals surface area contributed by atoms with Crippen LogP contribution < -0.4 is 0 Å². The highest BCUT2D eigenvalue weighted by atomic mass is 16.5. The molecule has 0 N–H and O–H groups in total. The number of nitrogens with zero attached hydrogens (tertiary/aromatic N) is 1. The molecular formula is C14H13NO. The molecule has 0 amide bonds. The maximum Gasteiger partial charge on any atom is 0.169 e. The maximum atomic E-state index is 5.15. The summed E-state index contributed by atoms with van der Waals surface area (Å²) in [5, 5.41) is 2.62. The molecule has 2 aromatic carbocycles. The summed E-state index contributed by atoms with van der Waals surface area (Å²) in [6, 6.07) is 15.2. The Hall–Kier alpha value is -1.83. The van der Waals surface area contributed by atoms with E-state index in [2.05, 4.69) is 47.5 Å². The predicted molar refractivity (Wildman–Crippen MR) is 65.9 cm³/mol. The average molecular weight is 211 g/mol. The minimum atomic E-state index is 0.283. The van der Waals surface area contributed by atoms with E-state index in [0.29, 0.717) is 6.61 Å². The third-order valence-corrected chi connectivity index (χ3v) is 2.97. The largest absolute Gasteiger partial charge is 0.481 e. The van der Waals surface area contributed by atoms with Crippen LogP contribution in [0.25, 0.3) is 10.8 Å². The normalized spacial score (nSPS) is 18.9. The monoisotopic (exact) mass is 211 g/mol. The first-order valence-electron chi connectivity index (χ1n) is 5.53. The summed E-state index contributed by atoms with van der Waals surface area (Å²) in [5.74, 6) is 0. The van der Waals surface area contributed by atoms with E-state index in [9.17, 15) is 0 Å². The quantitative estimate of drug-likeness (QED) is 0.748. The fourth-order valence-corrected chi connectivity index (χ4v) is 2.16. The maximum absolute atomic E-state index is 5.15. The number of hydrogen-bond donors (Lipinski definition) is 0. The molecule has 0 aromatic heterocycles. The van der Waals surface area contributed by atoms with Crippen LogP contribution in [0.5, 0.6) is 0 Å². The number of hydrogen-bond acceptors (Lipinski definition) is 2. The van der Waals surface area contributed by atoms with Crippen LogP contribution >= 0.6 is 0 Å². The van der Waals surface area contributed by atoms with Crippen molar-refractivity contribution in [1.29, 1.82) is 0 Å². The summed E-state index contributed by atoms with van der Waals surface area (Å²) < 4.78 is 5.15. The van der Waals surface area contributed by atoms with E-state index in [-0.39, 0.29) is 6.04 Å². The number of ether oxygens (including phenoxy) is 1. The Bertz CT molecular complexity index is 528. The second-order valence-electron chi connectivity index (χ2n) is 4.08. The first-order valence-corrected chi connectivity index (χ1v) is 5.53. The Morgan fingerprint density at radius 2 is 2.00 bits per heavy atom. The van der Waals surface area contributed by atoms with Gasteiger partial charge in [0.25, 0.3) is 0 Å². The van der Waals surface area contributed by atoms with Crippen LogP contribution in [0.4, 0.5) is 0 Å². The van der Waals surface area contributed by atoms with Crippen LogP contribution in [-0.4, -0.2) is 19.0 Å². The van der Waals surface area contributed by atoms with Crippen LogP contribution in [0.2, 0.25) is 0 Å².